The molecule has 2 saturated heterocycles. The Morgan fingerprint density at radius 1 is 1.52 bits per heavy atom. The third kappa shape index (κ3) is 2.70. The number of primary amides is 1. The minimum atomic E-state index is -1.84. The Labute approximate surface area is 162 Å². The van der Waals surface area contributed by atoms with Crippen LogP contribution >= 0.6 is 19.8 Å². The van der Waals surface area contributed by atoms with Crippen molar-refractivity contribution in [3.05, 3.63) is 30.0 Å². The summed E-state index contributed by atoms with van der Waals surface area (Å²) in [4.78, 5) is 29.7. The van der Waals surface area contributed by atoms with Crippen LogP contribution in [0.25, 0.3) is 10.8 Å². The normalized spacial score (nSPS) is 27.7. The maximum absolute atomic E-state index is 14.9. The zero-order valence-corrected chi connectivity index (χ0v) is 16.9. The molecule has 2 amide bonds. The van der Waals surface area contributed by atoms with E-state index in [0.717, 1.165) is 9.81 Å². The topological polar surface area (TPSA) is 104 Å². The van der Waals surface area contributed by atoms with Crippen LogP contribution in [-0.2, 0) is 4.79 Å². The van der Waals surface area contributed by atoms with E-state index in [9.17, 15) is 14.0 Å². The van der Waals surface area contributed by atoms with Gasteiger partial charge in [-0.15, -0.1) is 0 Å². The number of benzene rings is 1. The molecule has 0 aliphatic carbocycles. The Balaban J connectivity index is 1.60. The molecule has 144 valence electrons. The van der Waals surface area contributed by atoms with E-state index < -0.39 is 35.3 Å². The van der Waals surface area contributed by atoms with Crippen molar-refractivity contribution in [3.63, 3.8) is 0 Å². The summed E-state index contributed by atoms with van der Waals surface area (Å²) >= 11 is -1.84. The van der Waals surface area contributed by atoms with Crippen molar-refractivity contribution in [1.29, 1.82) is 0 Å². The molecular weight excluding hydrogens is 468 g/mol. The standard InChI is InChI=1S/C18H19FIN3O4/c1-20-7-12-13(23-17(25)18(12,20)19)8-27-16-10-6-14(26-2)11(15(21)24)5-9(10)3-4-22-16/h3-6,12-13H,7-8H2,1-2H3,(H2,21,24)(H,23,25)/t12-,13-,18-/m1/s1. The van der Waals surface area contributed by atoms with Crippen molar-refractivity contribution >= 4 is 42.4 Å². The molecule has 3 N–H and O–H groups in total. The van der Waals surface area contributed by atoms with Crippen LogP contribution in [0, 0.1) is 5.92 Å². The summed E-state index contributed by atoms with van der Waals surface area (Å²) < 4.78 is 25.1. The molecule has 1 aromatic heterocycles. The molecule has 2 aromatic rings. The van der Waals surface area contributed by atoms with Gasteiger partial charge in [0.2, 0.25) is 0 Å². The molecule has 2 fully saturated rings. The van der Waals surface area contributed by atoms with Gasteiger partial charge in [-0.2, -0.15) is 0 Å². The first kappa shape index (κ1) is 18.2. The van der Waals surface area contributed by atoms with Gasteiger partial charge in [-0.3, -0.25) is 0 Å². The van der Waals surface area contributed by atoms with Gasteiger partial charge in [-0.25, -0.2) is 0 Å². The van der Waals surface area contributed by atoms with E-state index in [1.807, 2.05) is 4.93 Å². The quantitative estimate of drug-likeness (QED) is 0.494. The zero-order chi connectivity index (χ0) is 19.3. The number of methoxy groups -OCH3 is 1. The molecule has 0 bridgehead atoms. The number of carbonyl (C=O) groups excluding carboxylic acids is 2. The van der Waals surface area contributed by atoms with Crippen LogP contribution < -0.4 is 20.5 Å². The van der Waals surface area contributed by atoms with Crippen LogP contribution in [0.5, 0.6) is 11.6 Å². The number of alkyl halides is 4. The van der Waals surface area contributed by atoms with Crippen LogP contribution in [0.2, 0.25) is 0 Å². The van der Waals surface area contributed by atoms with Gasteiger partial charge in [-0.05, 0) is 0 Å². The number of nitrogens with two attached hydrogens (primary N) is 1. The molecule has 3 heterocycles. The summed E-state index contributed by atoms with van der Waals surface area (Å²) in [5, 5.41) is 4.10. The van der Waals surface area contributed by atoms with Gasteiger partial charge in [0, 0.05) is 0 Å². The SMILES string of the molecule is COc1cc2c(OC[C@H]3NC(=O)[C@@]4(F)[C@@H]3CI4C)nccc2cc1C(N)=O. The molecule has 27 heavy (non-hydrogen) atoms. The summed E-state index contributed by atoms with van der Waals surface area (Å²) in [6, 6.07) is 4.64. The molecule has 0 radical (unpaired) electrons. The van der Waals surface area contributed by atoms with E-state index in [-0.39, 0.29) is 24.1 Å². The Bertz CT molecular complexity index is 956. The Morgan fingerprint density at radius 3 is 2.93 bits per heavy atom. The van der Waals surface area contributed by atoms with Gasteiger partial charge in [-0.1, -0.05) is 0 Å². The van der Waals surface area contributed by atoms with E-state index in [4.69, 9.17) is 15.2 Å². The first-order valence-electron chi connectivity index (χ1n) is 8.31. The number of fused-ring (bicyclic) bond motifs is 2. The van der Waals surface area contributed by atoms with Crippen molar-refractivity contribution < 1.29 is 23.5 Å². The molecule has 0 saturated carbocycles. The Kier molecular flexibility index (Phi) is 4.36. The molecule has 2 aliphatic heterocycles. The van der Waals surface area contributed by atoms with Gasteiger partial charge >= 0.3 is 162 Å². The van der Waals surface area contributed by atoms with Crippen molar-refractivity contribution in [1.82, 2.24) is 10.3 Å². The van der Waals surface area contributed by atoms with Crippen molar-refractivity contribution in [2.75, 3.05) is 23.1 Å². The van der Waals surface area contributed by atoms with E-state index in [0.29, 0.717) is 17.0 Å². The fourth-order valence-electron chi connectivity index (χ4n) is 3.63. The molecule has 7 nitrogen and oxygen atoms in total. The number of hydrogen-bond acceptors (Lipinski definition) is 5. The minimum absolute atomic E-state index is 0.137. The predicted octanol–water partition coefficient (Wildman–Crippen LogP) is 1.65. The molecule has 0 unspecified atom stereocenters. The maximum atomic E-state index is 14.9. The van der Waals surface area contributed by atoms with E-state index in [1.165, 1.54) is 7.11 Å². The van der Waals surface area contributed by atoms with Crippen molar-refractivity contribution in [3.8, 4) is 11.6 Å². The van der Waals surface area contributed by atoms with Crippen LogP contribution in [-0.4, -0.2) is 49.6 Å². The fourth-order valence-corrected chi connectivity index (χ4v) is 9.14. The average molecular weight is 487 g/mol. The van der Waals surface area contributed by atoms with E-state index in [2.05, 4.69) is 10.3 Å². The number of ether oxygens (including phenoxy) is 2. The summed E-state index contributed by atoms with van der Waals surface area (Å²) in [5.74, 6) is -0.738. The van der Waals surface area contributed by atoms with Gasteiger partial charge < -0.3 is 0 Å². The molecule has 0 spiro atoms. The summed E-state index contributed by atoms with van der Waals surface area (Å²) in [7, 11) is 1.45. The van der Waals surface area contributed by atoms with E-state index >= 15 is 0 Å². The van der Waals surface area contributed by atoms with Crippen molar-refractivity contribution in [2.45, 2.75) is 9.72 Å². The zero-order valence-electron chi connectivity index (χ0n) is 14.8. The van der Waals surface area contributed by atoms with Crippen molar-refractivity contribution in [2.24, 2.45) is 11.7 Å². The average Bonchev–Trinajstić information content (AvgIpc) is 2.85. The molecule has 9 heteroatoms. The first-order valence-corrected chi connectivity index (χ1v) is 13.1. The first-order chi connectivity index (χ1) is 12.9. The number of halogens is 2. The second kappa shape index (κ2) is 6.47. The van der Waals surface area contributed by atoms with Crippen LogP contribution in [0.4, 0.5) is 4.39 Å². The van der Waals surface area contributed by atoms with Gasteiger partial charge in [0.05, 0.1) is 0 Å². The number of amides is 2. The van der Waals surface area contributed by atoms with Crippen LogP contribution in [0.3, 0.4) is 0 Å². The van der Waals surface area contributed by atoms with Gasteiger partial charge in [0.25, 0.3) is 0 Å². The third-order valence-electron chi connectivity index (χ3n) is 5.15. The number of aromatic nitrogens is 1. The molecule has 2 aliphatic rings. The number of rotatable bonds is 5. The number of nitrogens with zero attached hydrogens (tertiary/aromatic N) is 1. The van der Waals surface area contributed by atoms with E-state index in [1.54, 1.807) is 24.4 Å². The monoisotopic (exact) mass is 487 g/mol. The number of carbonyl (C=O) groups is 2. The molecule has 3 atom stereocenters. The number of nitrogens with one attached hydrogen (secondary N) is 1. The fraction of sp³-hybridized carbons (Fsp3) is 0.389. The predicted molar refractivity (Wildman–Crippen MR) is 106 cm³/mol. The summed E-state index contributed by atoms with van der Waals surface area (Å²) in [6.45, 7) is 0.137. The Morgan fingerprint density at radius 2 is 2.30 bits per heavy atom. The molecular formula is C18H19FIN3O4. The second-order valence-corrected chi connectivity index (χ2v) is 12.4. The third-order valence-corrected chi connectivity index (χ3v) is 11.4. The number of hydrogen-bond donors (Lipinski definition) is 2. The molecule has 4 rings (SSSR count). The summed E-state index contributed by atoms with van der Waals surface area (Å²) in [5.41, 5.74) is 5.66. The number of pyridine rings is 1. The van der Waals surface area contributed by atoms with Crippen LogP contribution in [0.15, 0.2) is 24.4 Å². The molecule has 1 aromatic carbocycles. The second-order valence-electron chi connectivity index (χ2n) is 6.62. The van der Waals surface area contributed by atoms with Crippen LogP contribution in [0.1, 0.15) is 10.4 Å². The van der Waals surface area contributed by atoms with Gasteiger partial charge in [0.15, 0.2) is 0 Å². The Hall–Kier alpha value is -2.17. The summed E-state index contributed by atoms with van der Waals surface area (Å²) in [6.07, 6.45) is 1.56. The van der Waals surface area contributed by atoms with Gasteiger partial charge in [0.1, 0.15) is 0 Å².